The Labute approximate surface area is 72.0 Å². The summed E-state index contributed by atoms with van der Waals surface area (Å²) in [5, 5.41) is 14.2. The molecule has 0 atom stereocenters. The Hall–Kier alpha value is -0.830. The van der Waals surface area contributed by atoms with E-state index < -0.39 is 5.60 Å². The van der Waals surface area contributed by atoms with Crippen LogP contribution in [0.3, 0.4) is 0 Å². The van der Waals surface area contributed by atoms with Gasteiger partial charge >= 0.3 is 0 Å². The Morgan fingerprint density at radius 2 is 2.17 bits per heavy atom. The summed E-state index contributed by atoms with van der Waals surface area (Å²) in [7, 11) is 1.88. The van der Waals surface area contributed by atoms with Gasteiger partial charge in [0.15, 0.2) is 0 Å². The molecule has 2 rings (SSSR count). The first-order chi connectivity index (χ1) is 5.72. The summed E-state index contributed by atoms with van der Waals surface area (Å²) in [5.41, 5.74) is 0.366. The molecule has 0 unspecified atom stereocenters. The third-order valence-corrected chi connectivity index (χ3v) is 2.73. The van der Waals surface area contributed by atoms with E-state index in [0.717, 1.165) is 31.4 Å². The summed E-state index contributed by atoms with van der Waals surface area (Å²) in [4.78, 5) is 0. The molecule has 0 spiro atoms. The van der Waals surface area contributed by atoms with Crippen molar-refractivity contribution in [3.05, 3.63) is 18.0 Å². The maximum atomic E-state index is 10.2. The average molecular weight is 166 g/mol. The van der Waals surface area contributed by atoms with Gasteiger partial charge in [-0.2, -0.15) is 5.10 Å². The third-order valence-electron chi connectivity index (χ3n) is 2.73. The molecular weight excluding hydrogens is 152 g/mol. The highest BCUT2D eigenvalue weighted by molar-refractivity contribution is 5.13. The Morgan fingerprint density at radius 3 is 2.67 bits per heavy atom. The van der Waals surface area contributed by atoms with E-state index in [1.807, 2.05) is 13.1 Å². The first kappa shape index (κ1) is 7.80. The van der Waals surface area contributed by atoms with Crippen LogP contribution >= 0.6 is 0 Å². The van der Waals surface area contributed by atoms with E-state index in [4.69, 9.17) is 0 Å². The zero-order valence-corrected chi connectivity index (χ0v) is 7.32. The molecule has 12 heavy (non-hydrogen) atoms. The number of hydrogen-bond donors (Lipinski definition) is 1. The maximum absolute atomic E-state index is 10.2. The second kappa shape index (κ2) is 2.59. The zero-order valence-electron chi connectivity index (χ0n) is 7.32. The van der Waals surface area contributed by atoms with Gasteiger partial charge in [-0.25, -0.2) is 0 Å². The molecule has 0 amide bonds. The molecule has 1 heterocycles. The summed E-state index contributed by atoms with van der Waals surface area (Å²) < 4.78 is 1.77. The van der Waals surface area contributed by atoms with Crippen LogP contribution in [-0.2, 0) is 12.6 Å². The highest BCUT2D eigenvalue weighted by atomic mass is 16.3. The Morgan fingerprint density at radius 1 is 1.50 bits per heavy atom. The van der Waals surface area contributed by atoms with Crippen LogP contribution < -0.4 is 0 Å². The first-order valence-electron chi connectivity index (χ1n) is 4.43. The van der Waals surface area contributed by atoms with Gasteiger partial charge in [-0.05, 0) is 18.9 Å². The molecule has 1 aliphatic carbocycles. The molecule has 0 aliphatic heterocycles. The van der Waals surface area contributed by atoms with Crippen LogP contribution in [-0.4, -0.2) is 14.9 Å². The van der Waals surface area contributed by atoms with E-state index in [1.165, 1.54) is 0 Å². The first-order valence-corrected chi connectivity index (χ1v) is 4.43. The zero-order chi connectivity index (χ0) is 8.60. The topological polar surface area (TPSA) is 38.0 Å². The quantitative estimate of drug-likeness (QED) is 0.680. The molecule has 0 saturated heterocycles. The minimum Gasteiger partial charge on any atom is -0.384 e. The van der Waals surface area contributed by atoms with E-state index >= 15 is 0 Å². The van der Waals surface area contributed by atoms with Crippen molar-refractivity contribution in [3.8, 4) is 0 Å². The molecule has 1 aliphatic rings. The van der Waals surface area contributed by atoms with Crippen molar-refractivity contribution in [2.24, 2.45) is 7.05 Å². The van der Waals surface area contributed by atoms with Crippen LogP contribution in [0.1, 0.15) is 31.4 Å². The highest BCUT2D eigenvalue weighted by Gasteiger charge is 2.35. The van der Waals surface area contributed by atoms with E-state index in [-0.39, 0.29) is 0 Å². The lowest BCUT2D eigenvalue weighted by atomic mass is 9.98. The molecule has 1 saturated carbocycles. The maximum Gasteiger partial charge on any atom is 0.106 e. The van der Waals surface area contributed by atoms with Gasteiger partial charge in [0.05, 0.1) is 5.69 Å². The lowest BCUT2D eigenvalue weighted by Crippen LogP contribution is -2.24. The summed E-state index contributed by atoms with van der Waals surface area (Å²) >= 11 is 0. The molecule has 0 aromatic carbocycles. The van der Waals surface area contributed by atoms with Gasteiger partial charge in [-0.15, -0.1) is 0 Å². The van der Waals surface area contributed by atoms with Crippen LogP contribution in [0.15, 0.2) is 12.3 Å². The number of nitrogens with zero attached hydrogens (tertiary/aromatic N) is 2. The number of aromatic nitrogens is 2. The van der Waals surface area contributed by atoms with Crippen molar-refractivity contribution < 1.29 is 5.11 Å². The lowest BCUT2D eigenvalue weighted by molar-refractivity contribution is 0.0360. The summed E-state index contributed by atoms with van der Waals surface area (Å²) in [5.74, 6) is 0. The Balaban J connectivity index is 2.34. The van der Waals surface area contributed by atoms with Crippen molar-refractivity contribution in [1.82, 2.24) is 9.78 Å². The molecule has 1 fully saturated rings. The van der Waals surface area contributed by atoms with Crippen molar-refractivity contribution in [2.45, 2.75) is 31.3 Å². The normalized spacial score (nSPS) is 21.5. The lowest BCUT2D eigenvalue weighted by Gasteiger charge is -2.21. The minimum absolute atomic E-state index is 0.592. The molecule has 1 aromatic rings. The van der Waals surface area contributed by atoms with Gasteiger partial charge in [-0.1, -0.05) is 12.8 Å². The molecule has 1 aromatic heterocycles. The van der Waals surface area contributed by atoms with Gasteiger partial charge in [0, 0.05) is 13.2 Å². The monoisotopic (exact) mass is 166 g/mol. The number of rotatable bonds is 1. The fourth-order valence-electron chi connectivity index (χ4n) is 2.05. The van der Waals surface area contributed by atoms with Crippen LogP contribution in [0, 0.1) is 0 Å². The summed E-state index contributed by atoms with van der Waals surface area (Å²) in [6, 6.07) is 1.91. The van der Waals surface area contributed by atoms with Crippen LogP contribution in [0.5, 0.6) is 0 Å². The van der Waals surface area contributed by atoms with Gasteiger partial charge in [0.1, 0.15) is 5.60 Å². The SMILES string of the molecule is Cn1nccc1C1(O)CCCC1. The Bertz CT molecular complexity index is 274. The minimum atomic E-state index is -0.592. The average Bonchev–Trinajstić information content (AvgIpc) is 2.59. The molecule has 3 heteroatoms. The van der Waals surface area contributed by atoms with Gasteiger partial charge in [-0.3, -0.25) is 4.68 Å². The van der Waals surface area contributed by atoms with Gasteiger partial charge in [0.2, 0.25) is 0 Å². The van der Waals surface area contributed by atoms with Crippen LogP contribution in [0.2, 0.25) is 0 Å². The van der Waals surface area contributed by atoms with Crippen LogP contribution in [0.25, 0.3) is 0 Å². The van der Waals surface area contributed by atoms with Crippen LogP contribution in [0.4, 0.5) is 0 Å². The van der Waals surface area contributed by atoms with Crippen molar-refractivity contribution >= 4 is 0 Å². The molecule has 1 N–H and O–H groups in total. The Kier molecular flexibility index (Phi) is 1.68. The standard InChI is InChI=1S/C9H14N2O/c1-11-8(4-7-10-11)9(12)5-2-3-6-9/h4,7,12H,2-3,5-6H2,1H3. The second-order valence-corrected chi connectivity index (χ2v) is 3.58. The van der Waals surface area contributed by atoms with Crippen molar-refractivity contribution in [2.75, 3.05) is 0 Å². The molecule has 3 nitrogen and oxygen atoms in total. The number of aliphatic hydroxyl groups is 1. The van der Waals surface area contributed by atoms with E-state index in [2.05, 4.69) is 5.10 Å². The van der Waals surface area contributed by atoms with Crippen molar-refractivity contribution in [3.63, 3.8) is 0 Å². The van der Waals surface area contributed by atoms with E-state index in [1.54, 1.807) is 10.9 Å². The number of hydrogen-bond acceptors (Lipinski definition) is 2. The van der Waals surface area contributed by atoms with Gasteiger partial charge in [0.25, 0.3) is 0 Å². The molecule has 0 bridgehead atoms. The van der Waals surface area contributed by atoms with E-state index in [0.29, 0.717) is 0 Å². The highest BCUT2D eigenvalue weighted by Crippen LogP contribution is 2.37. The van der Waals surface area contributed by atoms with Crippen molar-refractivity contribution in [1.29, 1.82) is 0 Å². The number of aryl methyl sites for hydroxylation is 1. The molecular formula is C9H14N2O. The predicted molar refractivity (Wildman–Crippen MR) is 45.6 cm³/mol. The second-order valence-electron chi connectivity index (χ2n) is 3.58. The van der Waals surface area contributed by atoms with Gasteiger partial charge < -0.3 is 5.11 Å². The van der Waals surface area contributed by atoms with E-state index in [9.17, 15) is 5.11 Å². The third kappa shape index (κ3) is 1.05. The predicted octanol–water partition coefficient (Wildman–Crippen LogP) is 1.18. The smallest absolute Gasteiger partial charge is 0.106 e. The molecule has 0 radical (unpaired) electrons. The fourth-order valence-corrected chi connectivity index (χ4v) is 2.05. The summed E-state index contributed by atoms with van der Waals surface area (Å²) in [6.45, 7) is 0. The molecule has 66 valence electrons. The largest absolute Gasteiger partial charge is 0.384 e. The fraction of sp³-hybridized carbons (Fsp3) is 0.667. The summed E-state index contributed by atoms with van der Waals surface area (Å²) in [6.07, 6.45) is 5.76.